The maximum atomic E-state index is 11.7. The Morgan fingerprint density at radius 3 is 2.21 bits per heavy atom. The predicted molar refractivity (Wildman–Crippen MR) is 78.4 cm³/mol. The Hall–Kier alpha value is -0.610. The Labute approximate surface area is 117 Å². The molecule has 0 bridgehead atoms. The van der Waals surface area contributed by atoms with Crippen LogP contribution in [-0.2, 0) is 4.79 Å². The molecule has 1 N–H and O–H groups in total. The van der Waals surface area contributed by atoms with Crippen molar-refractivity contribution in [3.05, 3.63) is 0 Å². The highest BCUT2D eigenvalue weighted by atomic mass is 16.4. The lowest BCUT2D eigenvalue weighted by molar-refractivity contribution is -0.152. The van der Waals surface area contributed by atoms with Gasteiger partial charge in [-0.05, 0) is 39.9 Å². The van der Waals surface area contributed by atoms with E-state index in [1.54, 1.807) is 0 Å². The maximum Gasteiger partial charge on any atom is 0.310 e. The second kappa shape index (κ2) is 7.85. The van der Waals surface area contributed by atoms with E-state index in [1.165, 1.54) is 6.42 Å². The van der Waals surface area contributed by atoms with Crippen molar-refractivity contribution >= 4 is 5.97 Å². The Morgan fingerprint density at radius 2 is 1.74 bits per heavy atom. The number of carboxylic acids is 1. The standard InChI is InChI=1S/C15H30N2O2/c1-4-10-17(12-11-16(2)3)13-15(14(18)19)8-6-5-7-9-15/h4-13H2,1-3H3,(H,18,19). The zero-order chi connectivity index (χ0) is 14.3. The Kier molecular flexibility index (Phi) is 6.80. The van der Waals surface area contributed by atoms with Crippen molar-refractivity contribution in [1.29, 1.82) is 0 Å². The quantitative estimate of drug-likeness (QED) is 0.735. The van der Waals surface area contributed by atoms with Gasteiger partial charge in [0.2, 0.25) is 0 Å². The van der Waals surface area contributed by atoms with Crippen LogP contribution in [-0.4, -0.2) is 61.2 Å². The summed E-state index contributed by atoms with van der Waals surface area (Å²) in [6.07, 6.45) is 6.12. The van der Waals surface area contributed by atoms with Gasteiger partial charge in [0.05, 0.1) is 5.41 Å². The first kappa shape index (κ1) is 16.4. The molecule has 0 aliphatic heterocycles. The van der Waals surface area contributed by atoms with Crippen LogP contribution in [0.15, 0.2) is 0 Å². The smallest absolute Gasteiger partial charge is 0.310 e. The Bertz CT molecular complexity index is 273. The van der Waals surface area contributed by atoms with E-state index in [1.807, 2.05) is 0 Å². The van der Waals surface area contributed by atoms with Crippen molar-refractivity contribution in [2.45, 2.75) is 45.4 Å². The number of hydrogen-bond donors (Lipinski definition) is 1. The molecule has 0 amide bonds. The van der Waals surface area contributed by atoms with Gasteiger partial charge in [-0.15, -0.1) is 0 Å². The van der Waals surface area contributed by atoms with Crippen molar-refractivity contribution in [3.8, 4) is 0 Å². The molecule has 1 fully saturated rings. The fourth-order valence-corrected chi connectivity index (χ4v) is 3.02. The molecule has 4 heteroatoms. The molecule has 0 unspecified atom stereocenters. The zero-order valence-electron chi connectivity index (χ0n) is 12.8. The van der Waals surface area contributed by atoms with Crippen molar-refractivity contribution in [3.63, 3.8) is 0 Å². The molecule has 19 heavy (non-hydrogen) atoms. The van der Waals surface area contributed by atoms with Gasteiger partial charge in [-0.2, -0.15) is 0 Å². The SMILES string of the molecule is CCCN(CCN(C)C)CC1(C(=O)O)CCCCC1. The molecule has 1 saturated carbocycles. The van der Waals surface area contributed by atoms with Gasteiger partial charge in [0.1, 0.15) is 0 Å². The van der Waals surface area contributed by atoms with Crippen LogP contribution < -0.4 is 0 Å². The van der Waals surface area contributed by atoms with Crippen molar-refractivity contribution in [2.24, 2.45) is 5.41 Å². The molecule has 1 aliphatic rings. The summed E-state index contributed by atoms with van der Waals surface area (Å²) in [6, 6.07) is 0. The van der Waals surface area contributed by atoms with Gasteiger partial charge < -0.3 is 14.9 Å². The van der Waals surface area contributed by atoms with Crippen LogP contribution in [0.1, 0.15) is 45.4 Å². The highest BCUT2D eigenvalue weighted by Crippen LogP contribution is 2.37. The zero-order valence-corrected chi connectivity index (χ0v) is 12.8. The van der Waals surface area contributed by atoms with E-state index in [9.17, 15) is 9.90 Å². The first-order valence-electron chi connectivity index (χ1n) is 7.60. The Balaban J connectivity index is 2.64. The summed E-state index contributed by atoms with van der Waals surface area (Å²) in [7, 11) is 4.13. The lowest BCUT2D eigenvalue weighted by atomic mass is 9.73. The van der Waals surface area contributed by atoms with Crippen LogP contribution in [0.25, 0.3) is 0 Å². The van der Waals surface area contributed by atoms with Crippen LogP contribution in [0.2, 0.25) is 0 Å². The van der Waals surface area contributed by atoms with Gasteiger partial charge in [0, 0.05) is 19.6 Å². The summed E-state index contributed by atoms with van der Waals surface area (Å²) < 4.78 is 0. The molecule has 1 aliphatic carbocycles. The van der Waals surface area contributed by atoms with E-state index >= 15 is 0 Å². The molecular formula is C15H30N2O2. The third-order valence-corrected chi connectivity index (χ3v) is 4.19. The molecule has 0 aromatic rings. The van der Waals surface area contributed by atoms with E-state index in [2.05, 4.69) is 30.8 Å². The maximum absolute atomic E-state index is 11.7. The fourth-order valence-electron chi connectivity index (χ4n) is 3.02. The largest absolute Gasteiger partial charge is 0.481 e. The van der Waals surface area contributed by atoms with Gasteiger partial charge in [0.25, 0.3) is 0 Å². The van der Waals surface area contributed by atoms with Gasteiger partial charge in [-0.3, -0.25) is 4.79 Å². The molecule has 0 aromatic heterocycles. The van der Waals surface area contributed by atoms with E-state index in [-0.39, 0.29) is 0 Å². The summed E-state index contributed by atoms with van der Waals surface area (Å²) in [5.74, 6) is -0.585. The average Bonchev–Trinajstić information content (AvgIpc) is 2.37. The number of nitrogens with zero attached hydrogens (tertiary/aromatic N) is 2. The third kappa shape index (κ3) is 5.11. The minimum absolute atomic E-state index is 0.486. The highest BCUT2D eigenvalue weighted by molar-refractivity contribution is 5.75. The number of carboxylic acid groups (broad SMARTS) is 1. The molecule has 1 rings (SSSR count). The molecule has 0 atom stereocenters. The molecular weight excluding hydrogens is 240 g/mol. The minimum Gasteiger partial charge on any atom is -0.481 e. The van der Waals surface area contributed by atoms with Crippen LogP contribution in [0.5, 0.6) is 0 Å². The monoisotopic (exact) mass is 270 g/mol. The number of aliphatic carboxylic acids is 1. The minimum atomic E-state index is -0.585. The Morgan fingerprint density at radius 1 is 1.11 bits per heavy atom. The van der Waals surface area contributed by atoms with Crippen LogP contribution in [0, 0.1) is 5.41 Å². The van der Waals surface area contributed by atoms with Crippen molar-refractivity contribution in [1.82, 2.24) is 9.80 Å². The van der Waals surface area contributed by atoms with Gasteiger partial charge in [-0.25, -0.2) is 0 Å². The molecule has 112 valence electrons. The van der Waals surface area contributed by atoms with Crippen molar-refractivity contribution in [2.75, 3.05) is 40.3 Å². The van der Waals surface area contributed by atoms with Gasteiger partial charge in [0.15, 0.2) is 0 Å². The third-order valence-electron chi connectivity index (χ3n) is 4.19. The van der Waals surface area contributed by atoms with E-state index in [4.69, 9.17) is 0 Å². The first-order chi connectivity index (χ1) is 9.00. The summed E-state index contributed by atoms with van der Waals surface area (Å²) in [5.41, 5.74) is -0.486. The summed E-state index contributed by atoms with van der Waals surface area (Å²) in [5, 5.41) is 9.65. The highest BCUT2D eigenvalue weighted by Gasteiger charge is 2.40. The van der Waals surface area contributed by atoms with E-state index < -0.39 is 11.4 Å². The summed E-state index contributed by atoms with van der Waals surface area (Å²) >= 11 is 0. The first-order valence-corrected chi connectivity index (χ1v) is 7.60. The van der Waals surface area contributed by atoms with Crippen LogP contribution in [0.4, 0.5) is 0 Å². The predicted octanol–water partition coefficient (Wildman–Crippen LogP) is 2.30. The average molecular weight is 270 g/mol. The number of likely N-dealkylation sites (N-methyl/N-ethyl adjacent to an activating group) is 1. The second-order valence-electron chi connectivity index (χ2n) is 6.23. The number of rotatable bonds is 8. The van der Waals surface area contributed by atoms with Crippen LogP contribution >= 0.6 is 0 Å². The fraction of sp³-hybridized carbons (Fsp3) is 0.933. The molecule has 0 heterocycles. The lowest BCUT2D eigenvalue weighted by Gasteiger charge is -2.38. The van der Waals surface area contributed by atoms with E-state index in [0.717, 1.165) is 58.3 Å². The van der Waals surface area contributed by atoms with Gasteiger partial charge in [-0.1, -0.05) is 26.2 Å². The topological polar surface area (TPSA) is 43.8 Å². The molecule has 4 nitrogen and oxygen atoms in total. The molecule has 0 spiro atoms. The molecule has 0 aromatic carbocycles. The van der Waals surface area contributed by atoms with E-state index in [0.29, 0.717) is 0 Å². The number of carbonyl (C=O) groups is 1. The summed E-state index contributed by atoms with van der Waals surface area (Å²) in [6.45, 7) is 5.86. The van der Waals surface area contributed by atoms with Gasteiger partial charge >= 0.3 is 5.97 Å². The molecule has 0 saturated heterocycles. The molecule has 0 radical (unpaired) electrons. The normalized spacial score (nSPS) is 19.0. The second-order valence-corrected chi connectivity index (χ2v) is 6.23. The number of hydrogen-bond acceptors (Lipinski definition) is 3. The van der Waals surface area contributed by atoms with Crippen LogP contribution in [0.3, 0.4) is 0 Å². The summed E-state index contributed by atoms with van der Waals surface area (Å²) in [4.78, 5) is 16.2. The van der Waals surface area contributed by atoms with Crippen molar-refractivity contribution < 1.29 is 9.90 Å². The lowest BCUT2D eigenvalue weighted by Crippen LogP contribution is -2.46.